The van der Waals surface area contributed by atoms with Crippen molar-refractivity contribution in [1.29, 1.82) is 0 Å². The zero-order valence-electron chi connectivity index (χ0n) is 16.4. The smallest absolute Gasteiger partial charge is 0.253 e. The van der Waals surface area contributed by atoms with Crippen LogP contribution in [0.3, 0.4) is 0 Å². The van der Waals surface area contributed by atoms with Crippen molar-refractivity contribution in [3.8, 4) is 0 Å². The number of nitrogens with one attached hydrogen (secondary N) is 3. The van der Waals surface area contributed by atoms with Crippen LogP contribution in [0.1, 0.15) is 43.2 Å². The third-order valence-electron chi connectivity index (χ3n) is 3.74. The Kier molecular flexibility index (Phi) is 8.25. The molecule has 0 radical (unpaired) electrons. The third-order valence-corrected chi connectivity index (χ3v) is 4.61. The van der Waals surface area contributed by atoms with Crippen LogP contribution in [-0.4, -0.2) is 34.1 Å². The Bertz CT molecular complexity index is 880. The summed E-state index contributed by atoms with van der Waals surface area (Å²) in [4.78, 5) is 43.4. The first kappa shape index (κ1) is 21.7. The lowest BCUT2D eigenvalue weighted by atomic mass is 10.1. The Labute approximate surface area is 168 Å². The maximum Gasteiger partial charge on any atom is 0.253 e. The van der Waals surface area contributed by atoms with Gasteiger partial charge in [-0.15, -0.1) is 0 Å². The molecule has 3 N–H and O–H groups in total. The monoisotopic (exact) mass is 402 g/mol. The standard InChI is InChI=1S/C20H26N4O3S/c1-4-7-14-10-17(25)24-20(22-14)28-12-18(26)23-16-9-6-5-8-15(16)19(27)21-11-13(2)3/h5-6,8-10,13H,4,7,11-12H2,1-3H3,(H,21,27)(H,23,26)(H,22,24,25). The Hall–Kier alpha value is -2.61. The normalized spacial score (nSPS) is 10.7. The van der Waals surface area contributed by atoms with E-state index in [2.05, 4.69) is 20.6 Å². The fourth-order valence-electron chi connectivity index (χ4n) is 2.44. The largest absolute Gasteiger partial charge is 0.352 e. The fraction of sp³-hybridized carbons (Fsp3) is 0.400. The van der Waals surface area contributed by atoms with Gasteiger partial charge in [-0.25, -0.2) is 4.98 Å². The third kappa shape index (κ3) is 6.84. The molecule has 0 aliphatic heterocycles. The molecule has 2 amide bonds. The van der Waals surface area contributed by atoms with Crippen molar-refractivity contribution in [2.24, 2.45) is 5.92 Å². The number of hydrogen-bond acceptors (Lipinski definition) is 5. The highest BCUT2D eigenvalue weighted by molar-refractivity contribution is 7.99. The number of para-hydroxylation sites is 1. The van der Waals surface area contributed by atoms with Crippen molar-refractivity contribution in [1.82, 2.24) is 15.3 Å². The lowest BCUT2D eigenvalue weighted by Gasteiger charge is -2.12. The van der Waals surface area contributed by atoms with Gasteiger partial charge < -0.3 is 15.6 Å². The van der Waals surface area contributed by atoms with E-state index in [1.54, 1.807) is 24.3 Å². The molecule has 0 unspecified atom stereocenters. The lowest BCUT2D eigenvalue weighted by molar-refractivity contribution is -0.113. The number of aromatic nitrogens is 2. The Morgan fingerprint density at radius 2 is 2.00 bits per heavy atom. The van der Waals surface area contributed by atoms with Crippen LogP contribution in [0.4, 0.5) is 5.69 Å². The Morgan fingerprint density at radius 3 is 2.71 bits per heavy atom. The molecular weight excluding hydrogens is 376 g/mol. The van der Waals surface area contributed by atoms with Crippen LogP contribution in [0.2, 0.25) is 0 Å². The molecule has 1 heterocycles. The molecule has 0 fully saturated rings. The van der Waals surface area contributed by atoms with Crippen molar-refractivity contribution >= 4 is 29.3 Å². The molecule has 0 spiro atoms. The SMILES string of the molecule is CCCc1cc(=O)[nH]c(SCC(=O)Nc2ccccc2C(=O)NCC(C)C)n1. The molecule has 2 rings (SSSR count). The first-order valence-corrected chi connectivity index (χ1v) is 10.3. The van der Waals surface area contributed by atoms with Crippen LogP contribution in [0.15, 0.2) is 40.3 Å². The van der Waals surface area contributed by atoms with E-state index in [1.165, 1.54) is 6.07 Å². The van der Waals surface area contributed by atoms with E-state index in [0.717, 1.165) is 18.2 Å². The lowest BCUT2D eigenvalue weighted by Crippen LogP contribution is -2.28. The molecule has 7 nitrogen and oxygen atoms in total. The van der Waals surface area contributed by atoms with Crippen molar-refractivity contribution in [3.63, 3.8) is 0 Å². The number of rotatable bonds is 9. The number of benzene rings is 1. The van der Waals surface area contributed by atoms with E-state index < -0.39 is 0 Å². The van der Waals surface area contributed by atoms with E-state index in [-0.39, 0.29) is 23.1 Å². The van der Waals surface area contributed by atoms with Crippen molar-refractivity contribution < 1.29 is 9.59 Å². The van der Waals surface area contributed by atoms with Crippen molar-refractivity contribution in [2.75, 3.05) is 17.6 Å². The van der Waals surface area contributed by atoms with E-state index in [1.807, 2.05) is 20.8 Å². The van der Waals surface area contributed by atoms with E-state index in [0.29, 0.717) is 41.0 Å². The summed E-state index contributed by atoms with van der Waals surface area (Å²) in [7, 11) is 0. The second-order valence-electron chi connectivity index (χ2n) is 6.78. The number of thioether (sulfide) groups is 1. The van der Waals surface area contributed by atoms with Crippen LogP contribution >= 0.6 is 11.8 Å². The number of hydrogen-bond donors (Lipinski definition) is 3. The summed E-state index contributed by atoms with van der Waals surface area (Å²) in [6.07, 6.45) is 1.60. The molecule has 1 aromatic heterocycles. The van der Waals surface area contributed by atoms with E-state index in [9.17, 15) is 14.4 Å². The number of aromatic amines is 1. The first-order valence-electron chi connectivity index (χ1n) is 9.29. The summed E-state index contributed by atoms with van der Waals surface area (Å²) in [5.74, 6) is -0.103. The van der Waals surface area contributed by atoms with Crippen molar-refractivity contribution in [3.05, 3.63) is 51.9 Å². The summed E-state index contributed by atoms with van der Waals surface area (Å²) in [5.41, 5.74) is 1.35. The minimum absolute atomic E-state index is 0.0699. The Morgan fingerprint density at radius 1 is 1.25 bits per heavy atom. The average molecular weight is 403 g/mol. The molecule has 0 bridgehead atoms. The molecule has 0 atom stereocenters. The van der Waals surface area contributed by atoms with Gasteiger partial charge in [-0.1, -0.05) is 51.1 Å². The van der Waals surface area contributed by atoms with Crippen LogP contribution in [-0.2, 0) is 11.2 Å². The molecule has 28 heavy (non-hydrogen) atoms. The molecule has 1 aromatic carbocycles. The van der Waals surface area contributed by atoms with Gasteiger partial charge in [-0.05, 0) is 24.5 Å². The molecule has 0 aliphatic rings. The number of carbonyl (C=O) groups is 2. The number of aryl methyl sites for hydroxylation is 1. The maximum atomic E-state index is 12.3. The predicted molar refractivity (Wildman–Crippen MR) is 112 cm³/mol. The average Bonchev–Trinajstić information content (AvgIpc) is 2.65. The van der Waals surface area contributed by atoms with Gasteiger partial charge in [-0.3, -0.25) is 14.4 Å². The van der Waals surface area contributed by atoms with Gasteiger partial charge in [0.25, 0.3) is 11.5 Å². The summed E-state index contributed by atoms with van der Waals surface area (Å²) >= 11 is 1.15. The molecule has 0 saturated carbocycles. The number of amides is 2. The number of H-pyrrole nitrogens is 1. The highest BCUT2D eigenvalue weighted by Gasteiger charge is 2.14. The maximum absolute atomic E-state index is 12.3. The topological polar surface area (TPSA) is 104 Å². The first-order chi connectivity index (χ1) is 13.4. The summed E-state index contributed by atoms with van der Waals surface area (Å²) in [5, 5.41) is 6.02. The van der Waals surface area contributed by atoms with Gasteiger partial charge in [0.15, 0.2) is 5.16 Å². The molecule has 150 valence electrons. The molecule has 0 aliphatic carbocycles. The fourth-order valence-corrected chi connectivity index (χ4v) is 3.13. The van der Waals surface area contributed by atoms with Gasteiger partial charge in [-0.2, -0.15) is 0 Å². The molecular formula is C20H26N4O3S. The highest BCUT2D eigenvalue weighted by atomic mass is 32.2. The van der Waals surface area contributed by atoms with Gasteiger partial charge in [0.05, 0.1) is 17.0 Å². The van der Waals surface area contributed by atoms with Crippen LogP contribution in [0, 0.1) is 5.92 Å². The van der Waals surface area contributed by atoms with Crippen LogP contribution in [0.5, 0.6) is 0 Å². The molecule has 8 heteroatoms. The second kappa shape index (κ2) is 10.7. The molecule has 0 saturated heterocycles. The molecule has 2 aromatic rings. The number of anilines is 1. The highest BCUT2D eigenvalue weighted by Crippen LogP contribution is 2.17. The van der Waals surface area contributed by atoms with Crippen LogP contribution in [0.25, 0.3) is 0 Å². The van der Waals surface area contributed by atoms with Gasteiger partial charge in [0.1, 0.15) is 0 Å². The summed E-state index contributed by atoms with van der Waals surface area (Å²) in [6, 6.07) is 8.35. The quantitative estimate of drug-likeness (QED) is 0.442. The summed E-state index contributed by atoms with van der Waals surface area (Å²) < 4.78 is 0. The zero-order valence-corrected chi connectivity index (χ0v) is 17.2. The second-order valence-corrected chi connectivity index (χ2v) is 7.74. The minimum atomic E-state index is -0.280. The minimum Gasteiger partial charge on any atom is -0.352 e. The van der Waals surface area contributed by atoms with Crippen LogP contribution < -0.4 is 16.2 Å². The van der Waals surface area contributed by atoms with E-state index in [4.69, 9.17) is 0 Å². The van der Waals surface area contributed by atoms with Crippen molar-refractivity contribution in [2.45, 2.75) is 38.8 Å². The van der Waals surface area contributed by atoms with Gasteiger partial charge >= 0.3 is 0 Å². The van der Waals surface area contributed by atoms with Gasteiger partial charge in [0, 0.05) is 18.3 Å². The Balaban J connectivity index is 2.00. The summed E-state index contributed by atoms with van der Waals surface area (Å²) in [6.45, 7) is 6.60. The predicted octanol–water partition coefficient (Wildman–Crippen LogP) is 2.84. The number of nitrogens with zero attached hydrogens (tertiary/aromatic N) is 1. The van der Waals surface area contributed by atoms with E-state index >= 15 is 0 Å². The van der Waals surface area contributed by atoms with Gasteiger partial charge in [0.2, 0.25) is 5.91 Å². The number of carbonyl (C=O) groups excluding carboxylic acids is 2. The zero-order chi connectivity index (χ0) is 20.5.